The van der Waals surface area contributed by atoms with E-state index in [9.17, 15) is 0 Å². The summed E-state index contributed by atoms with van der Waals surface area (Å²) in [7, 11) is 0. The summed E-state index contributed by atoms with van der Waals surface area (Å²) in [6, 6.07) is 20.5. The molecule has 1 fully saturated rings. The molecule has 4 rings (SSSR count). The Bertz CT molecular complexity index is 903. The zero-order valence-corrected chi connectivity index (χ0v) is 16.0. The van der Waals surface area contributed by atoms with Gasteiger partial charge in [0.15, 0.2) is 0 Å². The van der Waals surface area contributed by atoms with Crippen molar-refractivity contribution in [1.82, 2.24) is 14.8 Å². The van der Waals surface area contributed by atoms with Crippen LogP contribution in [0.15, 0.2) is 60.0 Å². The molecule has 136 valence electrons. The maximum absolute atomic E-state index is 8.90. The molecule has 4 nitrogen and oxygen atoms in total. The van der Waals surface area contributed by atoms with Gasteiger partial charge in [0.2, 0.25) is 0 Å². The highest BCUT2D eigenvalue weighted by atomic mass is 32.1. The van der Waals surface area contributed by atoms with Crippen LogP contribution in [-0.2, 0) is 13.1 Å². The summed E-state index contributed by atoms with van der Waals surface area (Å²) in [6.07, 6.45) is 0. The van der Waals surface area contributed by atoms with Gasteiger partial charge in [-0.1, -0.05) is 42.5 Å². The number of hydrogen-bond acceptors (Lipinski definition) is 5. The molecule has 0 saturated carbocycles. The van der Waals surface area contributed by atoms with Crippen LogP contribution in [0, 0.1) is 11.3 Å². The Labute approximate surface area is 164 Å². The molecular formula is C22H22N4S. The fourth-order valence-corrected chi connectivity index (χ4v) is 4.19. The summed E-state index contributed by atoms with van der Waals surface area (Å²) in [5.41, 5.74) is 4.36. The summed E-state index contributed by atoms with van der Waals surface area (Å²) in [5, 5.41) is 12.2. The molecule has 0 spiro atoms. The standard InChI is InChI=1S/C22H22N4S/c23-14-18-6-8-19(9-7-18)15-25-10-12-26(13-11-25)16-21-17-27-22(24-21)20-4-2-1-3-5-20/h1-9,17H,10-13,15-16H2. The number of aromatic nitrogens is 1. The summed E-state index contributed by atoms with van der Waals surface area (Å²) in [6.45, 7) is 6.14. The van der Waals surface area contributed by atoms with E-state index in [1.165, 1.54) is 16.8 Å². The molecule has 0 bridgehead atoms. The van der Waals surface area contributed by atoms with Gasteiger partial charge in [0.25, 0.3) is 0 Å². The first kappa shape index (κ1) is 17.9. The molecule has 0 atom stereocenters. The van der Waals surface area contributed by atoms with Gasteiger partial charge in [0.1, 0.15) is 5.01 Å². The van der Waals surface area contributed by atoms with Gasteiger partial charge in [0.05, 0.1) is 17.3 Å². The zero-order chi connectivity index (χ0) is 18.5. The van der Waals surface area contributed by atoms with E-state index in [1.807, 2.05) is 18.2 Å². The van der Waals surface area contributed by atoms with E-state index in [2.05, 4.69) is 57.6 Å². The van der Waals surface area contributed by atoms with Crippen molar-refractivity contribution in [1.29, 1.82) is 5.26 Å². The summed E-state index contributed by atoms with van der Waals surface area (Å²) in [5.74, 6) is 0. The Morgan fingerprint density at radius 3 is 2.22 bits per heavy atom. The number of piperazine rings is 1. The molecule has 0 N–H and O–H groups in total. The molecule has 27 heavy (non-hydrogen) atoms. The highest BCUT2D eigenvalue weighted by molar-refractivity contribution is 7.13. The van der Waals surface area contributed by atoms with Gasteiger partial charge in [-0.15, -0.1) is 11.3 Å². The number of benzene rings is 2. The molecule has 2 heterocycles. The predicted octanol–water partition coefficient (Wildman–Crippen LogP) is 4.00. The first-order valence-corrected chi connectivity index (χ1v) is 10.1. The van der Waals surface area contributed by atoms with Crippen LogP contribution in [0.5, 0.6) is 0 Å². The van der Waals surface area contributed by atoms with Crippen LogP contribution in [0.4, 0.5) is 0 Å². The van der Waals surface area contributed by atoms with E-state index >= 15 is 0 Å². The molecule has 0 unspecified atom stereocenters. The fraction of sp³-hybridized carbons (Fsp3) is 0.273. The minimum Gasteiger partial charge on any atom is -0.297 e. The van der Waals surface area contributed by atoms with E-state index in [1.54, 1.807) is 11.3 Å². The van der Waals surface area contributed by atoms with Gasteiger partial charge in [-0.25, -0.2) is 4.98 Å². The van der Waals surface area contributed by atoms with Gasteiger partial charge in [-0.05, 0) is 17.7 Å². The van der Waals surface area contributed by atoms with Crippen molar-refractivity contribution in [2.45, 2.75) is 13.1 Å². The third-order valence-corrected chi connectivity index (χ3v) is 5.85. The van der Waals surface area contributed by atoms with Crippen LogP contribution in [0.3, 0.4) is 0 Å². The fourth-order valence-electron chi connectivity index (χ4n) is 3.37. The van der Waals surface area contributed by atoms with Crippen LogP contribution < -0.4 is 0 Å². The smallest absolute Gasteiger partial charge is 0.123 e. The van der Waals surface area contributed by atoms with E-state index in [0.29, 0.717) is 0 Å². The Hall–Kier alpha value is -2.52. The summed E-state index contributed by atoms with van der Waals surface area (Å²) in [4.78, 5) is 9.78. The maximum atomic E-state index is 8.90. The molecular weight excluding hydrogens is 352 g/mol. The Balaban J connectivity index is 1.28. The molecule has 0 aliphatic carbocycles. The van der Waals surface area contributed by atoms with Crippen molar-refractivity contribution < 1.29 is 0 Å². The minimum absolute atomic E-state index is 0.724. The lowest BCUT2D eigenvalue weighted by Crippen LogP contribution is -2.45. The lowest BCUT2D eigenvalue weighted by atomic mass is 10.1. The molecule has 1 saturated heterocycles. The molecule has 2 aromatic carbocycles. The van der Waals surface area contributed by atoms with E-state index in [-0.39, 0.29) is 0 Å². The van der Waals surface area contributed by atoms with Gasteiger partial charge in [-0.2, -0.15) is 5.26 Å². The van der Waals surface area contributed by atoms with E-state index in [4.69, 9.17) is 10.2 Å². The second kappa shape index (κ2) is 8.45. The monoisotopic (exact) mass is 374 g/mol. The third-order valence-electron chi connectivity index (χ3n) is 4.91. The topological polar surface area (TPSA) is 43.2 Å². The quantitative estimate of drug-likeness (QED) is 0.677. The second-order valence-corrected chi connectivity index (χ2v) is 7.73. The van der Waals surface area contributed by atoms with Gasteiger partial charge in [0, 0.05) is 50.2 Å². The van der Waals surface area contributed by atoms with E-state index in [0.717, 1.165) is 49.8 Å². The first-order valence-electron chi connectivity index (χ1n) is 9.24. The number of rotatable bonds is 5. The van der Waals surface area contributed by atoms with Crippen molar-refractivity contribution in [2.24, 2.45) is 0 Å². The molecule has 1 aliphatic rings. The van der Waals surface area contributed by atoms with E-state index < -0.39 is 0 Å². The lowest BCUT2D eigenvalue weighted by Gasteiger charge is -2.34. The van der Waals surface area contributed by atoms with Crippen LogP contribution in [0.25, 0.3) is 10.6 Å². The zero-order valence-electron chi connectivity index (χ0n) is 15.2. The van der Waals surface area contributed by atoms with Crippen molar-refractivity contribution >= 4 is 11.3 Å². The number of nitrogens with zero attached hydrogens (tertiary/aromatic N) is 4. The van der Waals surface area contributed by atoms with Gasteiger partial charge in [-0.3, -0.25) is 9.80 Å². The summed E-state index contributed by atoms with van der Waals surface area (Å²) >= 11 is 1.73. The number of nitriles is 1. The lowest BCUT2D eigenvalue weighted by molar-refractivity contribution is 0.121. The van der Waals surface area contributed by atoms with Crippen LogP contribution in [-0.4, -0.2) is 41.0 Å². The molecule has 1 aromatic heterocycles. The Morgan fingerprint density at radius 1 is 0.889 bits per heavy atom. The number of thiazole rings is 1. The third kappa shape index (κ3) is 4.61. The Kier molecular flexibility index (Phi) is 5.59. The SMILES string of the molecule is N#Cc1ccc(CN2CCN(Cc3csc(-c4ccccc4)n3)CC2)cc1. The Morgan fingerprint density at radius 2 is 1.56 bits per heavy atom. The largest absolute Gasteiger partial charge is 0.297 e. The normalized spacial score (nSPS) is 15.5. The number of hydrogen-bond donors (Lipinski definition) is 0. The average Bonchev–Trinajstić information content (AvgIpc) is 3.19. The molecule has 3 aromatic rings. The van der Waals surface area contributed by atoms with Crippen LogP contribution >= 0.6 is 11.3 Å². The van der Waals surface area contributed by atoms with Crippen molar-refractivity contribution in [3.8, 4) is 16.6 Å². The summed E-state index contributed by atoms with van der Waals surface area (Å²) < 4.78 is 0. The average molecular weight is 375 g/mol. The first-order chi connectivity index (χ1) is 13.3. The molecule has 0 amide bonds. The maximum Gasteiger partial charge on any atom is 0.123 e. The van der Waals surface area contributed by atoms with Crippen LogP contribution in [0.1, 0.15) is 16.8 Å². The van der Waals surface area contributed by atoms with Gasteiger partial charge >= 0.3 is 0 Å². The molecule has 1 aliphatic heterocycles. The minimum atomic E-state index is 0.724. The van der Waals surface area contributed by atoms with Crippen molar-refractivity contribution in [2.75, 3.05) is 26.2 Å². The second-order valence-electron chi connectivity index (χ2n) is 6.87. The molecule has 0 radical (unpaired) electrons. The predicted molar refractivity (Wildman–Crippen MR) is 109 cm³/mol. The highest BCUT2D eigenvalue weighted by Gasteiger charge is 2.18. The highest BCUT2D eigenvalue weighted by Crippen LogP contribution is 2.24. The molecule has 5 heteroatoms. The van der Waals surface area contributed by atoms with Gasteiger partial charge < -0.3 is 0 Å². The van der Waals surface area contributed by atoms with Crippen molar-refractivity contribution in [3.63, 3.8) is 0 Å². The van der Waals surface area contributed by atoms with Crippen molar-refractivity contribution in [3.05, 3.63) is 76.8 Å². The van der Waals surface area contributed by atoms with Crippen LogP contribution in [0.2, 0.25) is 0 Å².